The highest BCUT2D eigenvalue weighted by Crippen LogP contribution is 2.23. The predicted molar refractivity (Wildman–Crippen MR) is 98.8 cm³/mol. The number of carbonyl (C=O) groups is 3. The largest absolute Gasteiger partial charge is 0.458 e. The van der Waals surface area contributed by atoms with Crippen LogP contribution in [0.1, 0.15) is 53.0 Å². The highest BCUT2D eigenvalue weighted by Gasteiger charge is 2.24. The lowest BCUT2D eigenvalue weighted by Gasteiger charge is -2.21. The van der Waals surface area contributed by atoms with E-state index in [4.69, 9.17) is 22.1 Å². The Morgan fingerprint density at radius 1 is 1.14 bits per heavy atom. The maximum atomic E-state index is 13.4. The summed E-state index contributed by atoms with van der Waals surface area (Å²) in [5.74, 6) is -4.47. The minimum absolute atomic E-state index is 0.235. The summed E-state index contributed by atoms with van der Waals surface area (Å²) in [5.41, 5.74) is 4.61. The number of halogens is 3. The van der Waals surface area contributed by atoms with E-state index in [1.54, 1.807) is 0 Å². The molecule has 1 aromatic carbocycles. The molecule has 29 heavy (non-hydrogen) atoms. The zero-order valence-corrected chi connectivity index (χ0v) is 15.8. The van der Waals surface area contributed by atoms with Gasteiger partial charge in [-0.3, -0.25) is 4.79 Å². The predicted octanol–water partition coefficient (Wildman–Crippen LogP) is 3.48. The van der Waals surface area contributed by atoms with Crippen LogP contribution in [0.25, 0.3) is 0 Å². The minimum Gasteiger partial charge on any atom is -0.458 e. The molecule has 0 aliphatic heterocycles. The van der Waals surface area contributed by atoms with Gasteiger partial charge in [-0.1, -0.05) is 18.0 Å². The van der Waals surface area contributed by atoms with Crippen molar-refractivity contribution in [3.8, 4) is 0 Å². The molecule has 11 heteroatoms. The number of carbonyl (C=O) groups excluding carboxylic acids is 3. The Bertz CT molecular complexity index is 973. The number of amides is 2. The second-order valence-corrected chi connectivity index (χ2v) is 6.94. The summed E-state index contributed by atoms with van der Waals surface area (Å²) in [6.45, 7) is 0. The SMILES string of the molecule is NC(=O)n1nc(C(=O)OC2CCCCC2)cc1NC(=O)c1cc(F)c(F)cc1Cl. The lowest BCUT2D eigenvalue weighted by molar-refractivity contribution is 0.0204. The van der Waals surface area contributed by atoms with E-state index in [0.29, 0.717) is 16.8 Å². The zero-order chi connectivity index (χ0) is 21.1. The summed E-state index contributed by atoms with van der Waals surface area (Å²) in [4.78, 5) is 36.3. The van der Waals surface area contributed by atoms with Crippen LogP contribution in [0.15, 0.2) is 18.2 Å². The van der Waals surface area contributed by atoms with Gasteiger partial charge in [-0.25, -0.2) is 18.4 Å². The number of benzene rings is 1. The van der Waals surface area contributed by atoms with Crippen LogP contribution in [0.2, 0.25) is 5.02 Å². The van der Waals surface area contributed by atoms with E-state index in [1.165, 1.54) is 0 Å². The molecule has 8 nitrogen and oxygen atoms in total. The van der Waals surface area contributed by atoms with Gasteiger partial charge in [0.05, 0.1) is 10.6 Å². The quantitative estimate of drug-likeness (QED) is 0.573. The molecule has 3 N–H and O–H groups in total. The molecule has 3 rings (SSSR count). The Morgan fingerprint density at radius 2 is 1.79 bits per heavy atom. The van der Waals surface area contributed by atoms with Gasteiger partial charge in [-0.2, -0.15) is 9.78 Å². The average Bonchev–Trinajstić information content (AvgIpc) is 3.09. The van der Waals surface area contributed by atoms with Crippen molar-refractivity contribution in [1.82, 2.24) is 9.78 Å². The number of hydrogen-bond donors (Lipinski definition) is 2. The fourth-order valence-electron chi connectivity index (χ4n) is 3.01. The number of ether oxygens (including phenoxy) is 1. The number of hydrogen-bond acceptors (Lipinski definition) is 5. The van der Waals surface area contributed by atoms with Crippen molar-refractivity contribution in [3.05, 3.63) is 46.1 Å². The van der Waals surface area contributed by atoms with E-state index in [-0.39, 0.29) is 28.2 Å². The van der Waals surface area contributed by atoms with Gasteiger partial charge in [0.15, 0.2) is 17.3 Å². The molecule has 2 amide bonds. The molecule has 0 spiro atoms. The Hall–Kier alpha value is -3.01. The van der Waals surface area contributed by atoms with Crippen LogP contribution in [-0.4, -0.2) is 33.8 Å². The van der Waals surface area contributed by atoms with Crippen molar-refractivity contribution < 1.29 is 27.9 Å². The van der Waals surface area contributed by atoms with Gasteiger partial charge in [0.2, 0.25) is 0 Å². The molecule has 1 saturated carbocycles. The number of esters is 1. The highest BCUT2D eigenvalue weighted by molar-refractivity contribution is 6.34. The van der Waals surface area contributed by atoms with Gasteiger partial charge in [-0.05, 0) is 37.8 Å². The molecule has 154 valence electrons. The Balaban J connectivity index is 1.81. The van der Waals surface area contributed by atoms with Gasteiger partial charge in [-0.15, -0.1) is 0 Å². The summed E-state index contributed by atoms with van der Waals surface area (Å²) in [6.07, 6.45) is 4.20. The van der Waals surface area contributed by atoms with Gasteiger partial charge < -0.3 is 15.8 Å². The van der Waals surface area contributed by atoms with E-state index < -0.39 is 29.5 Å². The topological polar surface area (TPSA) is 116 Å². The fourth-order valence-corrected chi connectivity index (χ4v) is 3.25. The van der Waals surface area contributed by atoms with Crippen LogP contribution in [0.4, 0.5) is 19.4 Å². The molecular formula is C18H17ClF2N4O4. The van der Waals surface area contributed by atoms with Crippen molar-refractivity contribution in [1.29, 1.82) is 0 Å². The van der Waals surface area contributed by atoms with E-state index in [0.717, 1.165) is 38.2 Å². The van der Waals surface area contributed by atoms with E-state index in [2.05, 4.69) is 10.4 Å². The first-order valence-electron chi connectivity index (χ1n) is 8.83. The molecule has 0 unspecified atom stereocenters. The smallest absolute Gasteiger partial charge is 0.359 e. The van der Waals surface area contributed by atoms with Gasteiger partial charge >= 0.3 is 12.0 Å². The molecule has 0 atom stereocenters. The van der Waals surface area contributed by atoms with Crippen LogP contribution in [0.3, 0.4) is 0 Å². The van der Waals surface area contributed by atoms with Crippen molar-refractivity contribution in [2.45, 2.75) is 38.2 Å². The van der Waals surface area contributed by atoms with Crippen LogP contribution in [-0.2, 0) is 4.74 Å². The molecule has 1 aromatic heterocycles. The van der Waals surface area contributed by atoms with E-state index >= 15 is 0 Å². The van der Waals surface area contributed by atoms with Crippen molar-refractivity contribution in [2.75, 3.05) is 5.32 Å². The van der Waals surface area contributed by atoms with Crippen LogP contribution >= 0.6 is 11.6 Å². The van der Waals surface area contributed by atoms with Crippen LogP contribution in [0.5, 0.6) is 0 Å². The van der Waals surface area contributed by atoms with Crippen molar-refractivity contribution in [2.24, 2.45) is 5.73 Å². The maximum Gasteiger partial charge on any atom is 0.359 e. The molecule has 1 aliphatic carbocycles. The molecule has 1 fully saturated rings. The van der Waals surface area contributed by atoms with Gasteiger partial charge in [0.1, 0.15) is 11.9 Å². The van der Waals surface area contributed by atoms with Gasteiger partial charge in [0.25, 0.3) is 5.91 Å². The Morgan fingerprint density at radius 3 is 2.45 bits per heavy atom. The number of rotatable bonds is 4. The summed E-state index contributed by atoms with van der Waals surface area (Å²) in [5, 5.41) is 5.67. The van der Waals surface area contributed by atoms with Crippen molar-refractivity contribution in [3.63, 3.8) is 0 Å². The van der Waals surface area contributed by atoms with Crippen molar-refractivity contribution >= 4 is 35.3 Å². The molecule has 0 bridgehead atoms. The first-order valence-corrected chi connectivity index (χ1v) is 9.21. The third-order valence-electron chi connectivity index (χ3n) is 4.45. The highest BCUT2D eigenvalue weighted by atomic mass is 35.5. The maximum absolute atomic E-state index is 13.4. The summed E-state index contributed by atoms with van der Waals surface area (Å²) in [7, 11) is 0. The lowest BCUT2D eigenvalue weighted by Crippen LogP contribution is -2.25. The lowest BCUT2D eigenvalue weighted by atomic mass is 9.98. The molecule has 1 aliphatic rings. The minimum atomic E-state index is -1.28. The molecule has 1 heterocycles. The third-order valence-corrected chi connectivity index (χ3v) is 4.76. The zero-order valence-electron chi connectivity index (χ0n) is 15.1. The third kappa shape index (κ3) is 4.70. The van der Waals surface area contributed by atoms with E-state index in [1.807, 2.05) is 0 Å². The standard InChI is InChI=1S/C18H17ClF2N4O4/c19-11-7-13(21)12(20)6-10(11)16(26)23-15-8-14(24-25(15)18(22)28)17(27)29-9-4-2-1-3-5-9/h6-9H,1-5H2,(H2,22,28)(H,23,26). The molecule has 0 saturated heterocycles. The monoisotopic (exact) mass is 426 g/mol. The first kappa shape index (κ1) is 20.7. The number of nitrogens with two attached hydrogens (primary N) is 1. The van der Waals surface area contributed by atoms with Crippen LogP contribution in [0, 0.1) is 11.6 Å². The number of aromatic nitrogens is 2. The number of anilines is 1. The fraction of sp³-hybridized carbons (Fsp3) is 0.333. The second kappa shape index (κ2) is 8.56. The average molecular weight is 427 g/mol. The number of primary amides is 1. The van der Waals surface area contributed by atoms with Gasteiger partial charge in [0, 0.05) is 6.07 Å². The molecular weight excluding hydrogens is 410 g/mol. The Kier molecular flexibility index (Phi) is 6.12. The number of nitrogens with zero attached hydrogens (tertiary/aromatic N) is 2. The summed E-state index contributed by atoms with van der Waals surface area (Å²) in [6, 6.07) is 1.27. The van der Waals surface area contributed by atoms with Crippen LogP contribution < -0.4 is 11.1 Å². The number of nitrogens with one attached hydrogen (secondary N) is 1. The molecule has 0 radical (unpaired) electrons. The Labute approximate surface area is 168 Å². The first-order chi connectivity index (χ1) is 13.8. The summed E-state index contributed by atoms with van der Waals surface area (Å²) >= 11 is 5.77. The van der Waals surface area contributed by atoms with E-state index in [9.17, 15) is 23.2 Å². The molecule has 2 aromatic rings. The second-order valence-electron chi connectivity index (χ2n) is 6.53. The normalized spacial score (nSPS) is 14.4. The summed E-state index contributed by atoms with van der Waals surface area (Å²) < 4.78 is 32.6.